The van der Waals surface area contributed by atoms with Crippen molar-refractivity contribution in [3.63, 3.8) is 0 Å². The van der Waals surface area contributed by atoms with Gasteiger partial charge in [0.05, 0.1) is 12.1 Å². The van der Waals surface area contributed by atoms with E-state index in [0.29, 0.717) is 16.7 Å². The first-order valence-electron chi connectivity index (χ1n) is 12.3. The molecule has 2 aromatic rings. The number of carbonyl (C=O) groups excluding carboxylic acids is 1. The van der Waals surface area contributed by atoms with Crippen molar-refractivity contribution in [1.29, 1.82) is 0 Å². The summed E-state index contributed by atoms with van der Waals surface area (Å²) in [6.45, 7) is 3.09. The average Bonchev–Trinajstić information content (AvgIpc) is 3.27. The summed E-state index contributed by atoms with van der Waals surface area (Å²) in [7, 11) is 1.64. The first-order chi connectivity index (χ1) is 16.6. The minimum absolute atomic E-state index is 0.0214. The molecular formula is C24H34F3N5O2S. The lowest BCUT2D eigenvalue weighted by molar-refractivity contribution is -0.121. The Morgan fingerprint density at radius 3 is 2.69 bits per heavy atom. The van der Waals surface area contributed by atoms with Crippen LogP contribution in [0.3, 0.4) is 0 Å². The van der Waals surface area contributed by atoms with Crippen LogP contribution in [0.5, 0.6) is 5.19 Å². The van der Waals surface area contributed by atoms with Gasteiger partial charge in [-0.05, 0) is 51.0 Å². The summed E-state index contributed by atoms with van der Waals surface area (Å²) in [5, 5.41) is 7.05. The molecule has 1 aliphatic carbocycles. The van der Waals surface area contributed by atoms with E-state index in [0.717, 1.165) is 82.1 Å². The van der Waals surface area contributed by atoms with Gasteiger partial charge in [-0.1, -0.05) is 11.3 Å². The van der Waals surface area contributed by atoms with Gasteiger partial charge in [-0.2, -0.15) is 4.39 Å². The molecule has 194 valence electrons. The topological polar surface area (TPSA) is 72.3 Å². The molecule has 1 fully saturated rings. The predicted molar refractivity (Wildman–Crippen MR) is 127 cm³/mol. The van der Waals surface area contributed by atoms with E-state index in [9.17, 15) is 18.0 Å². The second-order valence-electron chi connectivity index (χ2n) is 9.92. The van der Waals surface area contributed by atoms with Crippen molar-refractivity contribution < 1.29 is 22.7 Å². The van der Waals surface area contributed by atoms with Crippen LogP contribution in [0.2, 0.25) is 0 Å². The maximum absolute atomic E-state index is 13.7. The van der Waals surface area contributed by atoms with Crippen LogP contribution in [0, 0.1) is 11.9 Å². The third kappa shape index (κ3) is 7.67. The minimum Gasteiger partial charge on any atom is -0.464 e. The molecule has 4 rings (SSSR count). The van der Waals surface area contributed by atoms with Gasteiger partial charge in [-0.3, -0.25) is 9.48 Å². The molecule has 1 amide bonds. The van der Waals surface area contributed by atoms with E-state index in [-0.39, 0.29) is 18.4 Å². The zero-order valence-corrected chi connectivity index (χ0v) is 21.2. The molecule has 3 heterocycles. The van der Waals surface area contributed by atoms with Crippen molar-refractivity contribution in [2.24, 2.45) is 13.0 Å². The molecule has 0 spiro atoms. The number of hydrogen-bond donors (Lipinski definition) is 1. The molecule has 7 nitrogen and oxygen atoms in total. The highest BCUT2D eigenvalue weighted by Crippen LogP contribution is 2.30. The first-order valence-corrected chi connectivity index (χ1v) is 13.1. The highest BCUT2D eigenvalue weighted by molar-refractivity contribution is 7.13. The van der Waals surface area contributed by atoms with Crippen molar-refractivity contribution in [2.45, 2.75) is 70.3 Å². The number of hydrogen-bond acceptors (Lipinski definition) is 6. The summed E-state index contributed by atoms with van der Waals surface area (Å²) in [5.41, 5.74) is 1.31. The first kappa shape index (κ1) is 25.9. The van der Waals surface area contributed by atoms with Crippen LogP contribution >= 0.6 is 11.3 Å². The van der Waals surface area contributed by atoms with Gasteiger partial charge in [-0.25, -0.2) is 13.8 Å². The SMILES string of the molecule is Cn1cc(CC(=O)NC2CCC(CCN3CCc4nc(OCC(C)(F)F)sc4CC3)CC2)c(F)n1. The quantitative estimate of drug-likeness (QED) is 0.553. The van der Waals surface area contributed by atoms with E-state index in [1.54, 1.807) is 13.2 Å². The molecule has 1 saturated carbocycles. The van der Waals surface area contributed by atoms with E-state index in [1.165, 1.54) is 16.0 Å². The van der Waals surface area contributed by atoms with E-state index in [2.05, 4.69) is 20.3 Å². The molecule has 0 radical (unpaired) electrons. The van der Waals surface area contributed by atoms with Crippen LogP contribution in [0.4, 0.5) is 13.2 Å². The number of amides is 1. The molecule has 11 heteroatoms. The van der Waals surface area contributed by atoms with Gasteiger partial charge in [-0.15, -0.1) is 5.10 Å². The summed E-state index contributed by atoms with van der Waals surface area (Å²) in [6, 6.07) is 0.155. The maximum atomic E-state index is 13.7. The Labute approximate surface area is 208 Å². The molecular weight excluding hydrogens is 479 g/mol. The monoisotopic (exact) mass is 513 g/mol. The van der Waals surface area contributed by atoms with Crippen LogP contribution in [-0.4, -0.2) is 63.8 Å². The summed E-state index contributed by atoms with van der Waals surface area (Å²) in [6.07, 6.45) is 8.44. The Bertz CT molecular complexity index is 972. The van der Waals surface area contributed by atoms with Crippen LogP contribution in [0.25, 0.3) is 0 Å². The molecule has 1 aliphatic heterocycles. The van der Waals surface area contributed by atoms with Crippen LogP contribution in [-0.2, 0) is 31.1 Å². The lowest BCUT2D eigenvalue weighted by Crippen LogP contribution is -2.39. The second kappa shape index (κ2) is 11.3. The fourth-order valence-electron chi connectivity index (χ4n) is 4.90. The molecule has 0 saturated heterocycles. The zero-order chi connectivity index (χ0) is 25.0. The molecule has 1 N–H and O–H groups in total. The van der Waals surface area contributed by atoms with Gasteiger partial charge >= 0.3 is 0 Å². The van der Waals surface area contributed by atoms with Crippen molar-refractivity contribution >= 4 is 17.2 Å². The molecule has 0 aromatic carbocycles. The average molecular weight is 514 g/mol. The Hall–Kier alpha value is -2.14. The smallest absolute Gasteiger partial charge is 0.278 e. The largest absolute Gasteiger partial charge is 0.464 e. The number of halogens is 3. The number of carbonyl (C=O) groups is 1. The number of thiazole rings is 1. The lowest BCUT2D eigenvalue weighted by atomic mass is 9.84. The molecule has 2 aliphatic rings. The normalized spacial score (nSPS) is 21.4. The summed E-state index contributed by atoms with van der Waals surface area (Å²) in [5.74, 6) is -2.95. The van der Waals surface area contributed by atoms with E-state index < -0.39 is 18.5 Å². The number of alkyl halides is 2. The van der Waals surface area contributed by atoms with Crippen LogP contribution < -0.4 is 10.1 Å². The molecule has 35 heavy (non-hydrogen) atoms. The van der Waals surface area contributed by atoms with Gasteiger partial charge in [0.25, 0.3) is 11.1 Å². The Morgan fingerprint density at radius 1 is 1.26 bits per heavy atom. The zero-order valence-electron chi connectivity index (χ0n) is 20.4. The highest BCUT2D eigenvalue weighted by atomic mass is 32.1. The molecule has 2 aromatic heterocycles. The van der Waals surface area contributed by atoms with Crippen molar-refractivity contribution in [1.82, 2.24) is 25.0 Å². The predicted octanol–water partition coefficient (Wildman–Crippen LogP) is 3.76. The van der Waals surface area contributed by atoms with E-state index in [4.69, 9.17) is 4.74 Å². The third-order valence-electron chi connectivity index (χ3n) is 6.80. The molecule has 0 unspecified atom stereocenters. The Kier molecular flexibility index (Phi) is 8.36. The van der Waals surface area contributed by atoms with Gasteiger partial charge in [0.15, 0.2) is 6.61 Å². The fourth-order valence-corrected chi connectivity index (χ4v) is 5.84. The van der Waals surface area contributed by atoms with Gasteiger partial charge in [0, 0.05) is 56.2 Å². The van der Waals surface area contributed by atoms with Crippen molar-refractivity contribution in [2.75, 3.05) is 26.2 Å². The van der Waals surface area contributed by atoms with Crippen molar-refractivity contribution in [3.05, 3.63) is 28.3 Å². The highest BCUT2D eigenvalue weighted by Gasteiger charge is 2.26. The number of rotatable bonds is 9. The number of aromatic nitrogens is 3. The fraction of sp³-hybridized carbons (Fsp3) is 0.708. The number of ether oxygens (including phenoxy) is 1. The number of nitrogens with one attached hydrogen (secondary N) is 1. The molecule has 0 bridgehead atoms. The van der Waals surface area contributed by atoms with Gasteiger partial charge < -0.3 is 15.0 Å². The summed E-state index contributed by atoms with van der Waals surface area (Å²) in [4.78, 5) is 20.3. The summed E-state index contributed by atoms with van der Waals surface area (Å²) >= 11 is 1.39. The minimum atomic E-state index is -2.86. The lowest BCUT2D eigenvalue weighted by Gasteiger charge is -2.30. The Balaban J connectivity index is 1.14. The number of fused-ring (bicyclic) bond motifs is 1. The van der Waals surface area contributed by atoms with E-state index in [1.807, 2.05) is 0 Å². The van der Waals surface area contributed by atoms with Crippen LogP contribution in [0.15, 0.2) is 6.20 Å². The van der Waals surface area contributed by atoms with E-state index >= 15 is 0 Å². The maximum Gasteiger partial charge on any atom is 0.278 e. The van der Waals surface area contributed by atoms with Crippen LogP contribution in [0.1, 0.15) is 55.2 Å². The Morgan fingerprint density at radius 2 is 2.00 bits per heavy atom. The summed E-state index contributed by atoms with van der Waals surface area (Å²) < 4.78 is 46.3. The van der Waals surface area contributed by atoms with Crippen molar-refractivity contribution in [3.8, 4) is 5.19 Å². The second-order valence-corrected chi connectivity index (χ2v) is 11.0. The van der Waals surface area contributed by atoms with Gasteiger partial charge in [0.1, 0.15) is 0 Å². The third-order valence-corrected chi connectivity index (χ3v) is 7.87. The number of nitrogens with zero attached hydrogens (tertiary/aromatic N) is 4. The number of aryl methyl sites for hydroxylation is 1. The van der Waals surface area contributed by atoms with Gasteiger partial charge in [0.2, 0.25) is 11.9 Å². The molecule has 0 atom stereocenters. The standard InChI is InChI=1S/C24H34F3N5O2S/c1-24(26,27)15-34-23-29-19-8-11-32(12-9-20(19)35-23)10-7-16-3-5-18(6-4-16)28-21(33)13-17-14-31(2)30-22(17)25/h14,16,18H,3-13,15H2,1-2H3,(H,28,33).